The smallest absolute Gasteiger partial charge is 0.271 e. The standard InChI is InChI=1S/C19H19ClN6O3/c1-12-11-13(2)25(24-12)17-8-7-16(20)18(23-17)19(27)22-10-9-21-14-3-5-15(6-4-14)26(28)29/h3-8,11,21H,9-10H2,1-2H3,(H,22,27). The molecule has 0 saturated heterocycles. The number of nitro groups is 1. The molecule has 0 aliphatic carbocycles. The van der Waals surface area contributed by atoms with Crippen LogP contribution < -0.4 is 10.6 Å². The minimum absolute atomic E-state index is 0.0204. The van der Waals surface area contributed by atoms with Crippen LogP contribution in [0.25, 0.3) is 5.82 Å². The Morgan fingerprint density at radius 2 is 1.90 bits per heavy atom. The maximum absolute atomic E-state index is 12.5. The van der Waals surface area contributed by atoms with E-state index in [1.54, 1.807) is 28.9 Å². The predicted molar refractivity (Wildman–Crippen MR) is 110 cm³/mol. The molecule has 29 heavy (non-hydrogen) atoms. The van der Waals surface area contributed by atoms with Crippen molar-refractivity contribution in [1.29, 1.82) is 0 Å². The predicted octanol–water partition coefficient (Wildman–Crippen LogP) is 3.29. The highest BCUT2D eigenvalue weighted by Gasteiger charge is 2.15. The number of hydrogen-bond donors (Lipinski definition) is 2. The molecule has 0 atom stereocenters. The average molecular weight is 415 g/mol. The normalized spacial score (nSPS) is 10.6. The number of pyridine rings is 1. The van der Waals surface area contributed by atoms with Gasteiger partial charge in [0.25, 0.3) is 11.6 Å². The summed E-state index contributed by atoms with van der Waals surface area (Å²) in [4.78, 5) is 27.0. The first-order valence-corrected chi connectivity index (χ1v) is 9.19. The van der Waals surface area contributed by atoms with Gasteiger partial charge in [0.1, 0.15) is 5.69 Å². The summed E-state index contributed by atoms with van der Waals surface area (Å²) in [7, 11) is 0. The van der Waals surface area contributed by atoms with Crippen molar-refractivity contribution in [3.05, 3.63) is 74.7 Å². The van der Waals surface area contributed by atoms with Crippen LogP contribution in [0, 0.1) is 24.0 Å². The van der Waals surface area contributed by atoms with Gasteiger partial charge in [-0.1, -0.05) is 11.6 Å². The summed E-state index contributed by atoms with van der Waals surface area (Å²) >= 11 is 6.15. The van der Waals surface area contributed by atoms with Crippen molar-refractivity contribution in [3.63, 3.8) is 0 Å². The van der Waals surface area contributed by atoms with E-state index in [0.717, 1.165) is 11.4 Å². The van der Waals surface area contributed by atoms with Crippen LogP contribution in [0.3, 0.4) is 0 Å². The Morgan fingerprint density at radius 1 is 1.17 bits per heavy atom. The first-order chi connectivity index (χ1) is 13.8. The molecule has 0 aliphatic heterocycles. The molecule has 0 radical (unpaired) electrons. The lowest BCUT2D eigenvalue weighted by atomic mass is 10.3. The molecule has 150 valence electrons. The number of rotatable bonds is 7. The highest BCUT2D eigenvalue weighted by Crippen LogP contribution is 2.18. The van der Waals surface area contributed by atoms with Crippen molar-refractivity contribution in [2.24, 2.45) is 0 Å². The van der Waals surface area contributed by atoms with Crippen molar-refractivity contribution < 1.29 is 9.72 Å². The summed E-state index contributed by atoms with van der Waals surface area (Å²) in [5.74, 6) is 0.109. The third kappa shape index (κ3) is 4.88. The van der Waals surface area contributed by atoms with Crippen LogP contribution in [0.1, 0.15) is 21.9 Å². The zero-order valence-corrected chi connectivity index (χ0v) is 16.6. The van der Waals surface area contributed by atoms with Gasteiger partial charge in [-0.15, -0.1) is 0 Å². The number of aryl methyl sites for hydroxylation is 2. The Hall–Kier alpha value is -3.46. The van der Waals surface area contributed by atoms with Gasteiger partial charge in [-0.05, 0) is 44.2 Å². The maximum Gasteiger partial charge on any atom is 0.271 e. The molecule has 10 heteroatoms. The number of anilines is 1. The second kappa shape index (κ2) is 8.70. The third-order valence-electron chi connectivity index (χ3n) is 4.09. The number of non-ortho nitro benzene ring substituents is 1. The first kappa shape index (κ1) is 20.3. The van der Waals surface area contributed by atoms with Gasteiger partial charge >= 0.3 is 0 Å². The number of nitrogens with zero attached hydrogens (tertiary/aromatic N) is 4. The first-order valence-electron chi connectivity index (χ1n) is 8.82. The summed E-state index contributed by atoms with van der Waals surface area (Å²) in [6.07, 6.45) is 0. The number of amides is 1. The van der Waals surface area contributed by atoms with Crippen molar-refractivity contribution >= 4 is 28.9 Å². The summed E-state index contributed by atoms with van der Waals surface area (Å²) in [6.45, 7) is 4.53. The van der Waals surface area contributed by atoms with Gasteiger partial charge in [-0.3, -0.25) is 14.9 Å². The molecule has 0 bridgehead atoms. The van der Waals surface area contributed by atoms with Crippen molar-refractivity contribution in [2.75, 3.05) is 18.4 Å². The highest BCUT2D eigenvalue weighted by atomic mass is 35.5. The zero-order chi connectivity index (χ0) is 21.0. The van der Waals surface area contributed by atoms with Gasteiger partial charge in [0.15, 0.2) is 5.82 Å². The van der Waals surface area contributed by atoms with Crippen LogP contribution in [0.15, 0.2) is 42.5 Å². The third-order valence-corrected chi connectivity index (χ3v) is 4.40. The fraction of sp³-hybridized carbons (Fsp3) is 0.211. The molecule has 2 N–H and O–H groups in total. The van der Waals surface area contributed by atoms with Crippen LogP contribution >= 0.6 is 11.6 Å². The van der Waals surface area contributed by atoms with Gasteiger partial charge in [0, 0.05) is 36.6 Å². The van der Waals surface area contributed by atoms with Gasteiger partial charge in [0.05, 0.1) is 15.6 Å². The Morgan fingerprint density at radius 3 is 2.52 bits per heavy atom. The molecule has 2 heterocycles. The van der Waals surface area contributed by atoms with E-state index in [4.69, 9.17) is 11.6 Å². The van der Waals surface area contributed by atoms with Crippen molar-refractivity contribution in [1.82, 2.24) is 20.1 Å². The number of aromatic nitrogens is 3. The van der Waals surface area contributed by atoms with Crippen LogP contribution in [-0.2, 0) is 0 Å². The van der Waals surface area contributed by atoms with Gasteiger partial charge in [0.2, 0.25) is 0 Å². The topological polar surface area (TPSA) is 115 Å². The summed E-state index contributed by atoms with van der Waals surface area (Å²) in [5.41, 5.74) is 2.60. The lowest BCUT2D eigenvalue weighted by Gasteiger charge is -2.10. The van der Waals surface area contributed by atoms with E-state index in [9.17, 15) is 14.9 Å². The van der Waals surface area contributed by atoms with Crippen molar-refractivity contribution in [3.8, 4) is 5.82 Å². The molecule has 0 fully saturated rings. The molecule has 1 amide bonds. The summed E-state index contributed by atoms with van der Waals surface area (Å²) < 4.78 is 1.65. The number of benzene rings is 1. The van der Waals surface area contributed by atoms with Gasteiger partial charge < -0.3 is 10.6 Å². The van der Waals surface area contributed by atoms with E-state index in [1.165, 1.54) is 12.1 Å². The number of carbonyl (C=O) groups is 1. The highest BCUT2D eigenvalue weighted by molar-refractivity contribution is 6.33. The number of hydrogen-bond acceptors (Lipinski definition) is 6. The van der Waals surface area contributed by atoms with E-state index in [1.807, 2.05) is 19.9 Å². The Labute approximate surface area is 171 Å². The summed E-state index contributed by atoms with van der Waals surface area (Å²) in [5, 5.41) is 21.1. The van der Waals surface area contributed by atoms with Crippen LogP contribution in [0.2, 0.25) is 5.02 Å². The fourth-order valence-corrected chi connectivity index (χ4v) is 2.93. The minimum Gasteiger partial charge on any atom is -0.383 e. The number of halogens is 1. The number of nitro benzene ring substituents is 1. The molecule has 0 unspecified atom stereocenters. The molecule has 3 rings (SSSR count). The second-order valence-corrected chi connectivity index (χ2v) is 6.73. The molecular formula is C19H19ClN6O3. The molecule has 2 aromatic heterocycles. The SMILES string of the molecule is Cc1cc(C)n(-c2ccc(Cl)c(C(=O)NCCNc3ccc([N+](=O)[O-])cc3)n2)n1. The fourth-order valence-electron chi connectivity index (χ4n) is 2.74. The van der Waals surface area contributed by atoms with Gasteiger partial charge in [-0.25, -0.2) is 9.67 Å². The van der Waals surface area contributed by atoms with Gasteiger partial charge in [-0.2, -0.15) is 5.10 Å². The zero-order valence-electron chi connectivity index (χ0n) is 15.8. The van der Waals surface area contributed by atoms with E-state index in [2.05, 4.69) is 20.7 Å². The Kier molecular flexibility index (Phi) is 6.08. The van der Waals surface area contributed by atoms with Crippen LogP contribution in [0.4, 0.5) is 11.4 Å². The molecule has 0 saturated carbocycles. The van der Waals surface area contributed by atoms with Crippen LogP contribution in [-0.4, -0.2) is 38.7 Å². The van der Waals surface area contributed by atoms with E-state index >= 15 is 0 Å². The second-order valence-electron chi connectivity index (χ2n) is 6.33. The van der Waals surface area contributed by atoms with E-state index in [0.29, 0.717) is 24.6 Å². The number of carbonyl (C=O) groups excluding carboxylic acids is 1. The Bertz CT molecular complexity index is 1050. The molecule has 1 aromatic carbocycles. The molecular weight excluding hydrogens is 396 g/mol. The lowest BCUT2D eigenvalue weighted by Crippen LogP contribution is -2.30. The quantitative estimate of drug-likeness (QED) is 0.348. The Balaban J connectivity index is 1.60. The summed E-state index contributed by atoms with van der Waals surface area (Å²) in [6, 6.07) is 11.3. The number of nitrogens with one attached hydrogen (secondary N) is 2. The maximum atomic E-state index is 12.5. The van der Waals surface area contributed by atoms with Crippen LogP contribution in [0.5, 0.6) is 0 Å². The molecule has 0 spiro atoms. The van der Waals surface area contributed by atoms with E-state index < -0.39 is 10.8 Å². The monoisotopic (exact) mass is 414 g/mol. The molecule has 0 aliphatic rings. The largest absolute Gasteiger partial charge is 0.383 e. The molecule has 9 nitrogen and oxygen atoms in total. The average Bonchev–Trinajstić information content (AvgIpc) is 3.04. The van der Waals surface area contributed by atoms with E-state index in [-0.39, 0.29) is 16.4 Å². The van der Waals surface area contributed by atoms with Crippen molar-refractivity contribution in [2.45, 2.75) is 13.8 Å². The lowest BCUT2D eigenvalue weighted by molar-refractivity contribution is -0.384. The minimum atomic E-state index is -0.457. The molecule has 3 aromatic rings.